The van der Waals surface area contributed by atoms with Crippen LogP contribution >= 0.6 is 11.6 Å². The van der Waals surface area contributed by atoms with Gasteiger partial charge < -0.3 is 15.4 Å². The fourth-order valence-electron chi connectivity index (χ4n) is 2.74. The number of hydrogen-bond acceptors (Lipinski definition) is 5. The SMILES string of the molecule is Cc1ccc(NCC(=O)Nc2ccc(S(=O)(=O)N3CCOCC3)cc2)cc1Cl. The van der Waals surface area contributed by atoms with Crippen molar-refractivity contribution in [1.82, 2.24) is 4.31 Å². The molecule has 0 radical (unpaired) electrons. The van der Waals surface area contributed by atoms with E-state index in [0.29, 0.717) is 37.0 Å². The molecule has 2 aromatic carbocycles. The molecule has 1 aliphatic heterocycles. The monoisotopic (exact) mass is 423 g/mol. The van der Waals surface area contributed by atoms with Gasteiger partial charge in [-0.05, 0) is 48.9 Å². The van der Waals surface area contributed by atoms with Gasteiger partial charge in [-0.3, -0.25) is 4.79 Å². The molecule has 28 heavy (non-hydrogen) atoms. The highest BCUT2D eigenvalue weighted by Gasteiger charge is 2.26. The summed E-state index contributed by atoms with van der Waals surface area (Å²) in [5.41, 5.74) is 2.23. The Bertz CT molecular complexity index is 942. The molecule has 2 aromatic rings. The Morgan fingerprint density at radius 2 is 1.75 bits per heavy atom. The van der Waals surface area contributed by atoms with Crippen molar-refractivity contribution in [2.24, 2.45) is 0 Å². The van der Waals surface area contributed by atoms with Gasteiger partial charge in [-0.1, -0.05) is 17.7 Å². The topological polar surface area (TPSA) is 87.7 Å². The second-order valence-corrected chi connectivity index (χ2v) is 8.75. The zero-order chi connectivity index (χ0) is 20.1. The summed E-state index contributed by atoms with van der Waals surface area (Å²) in [5, 5.41) is 6.36. The summed E-state index contributed by atoms with van der Waals surface area (Å²) in [6, 6.07) is 11.6. The molecule has 3 rings (SSSR count). The molecule has 1 amide bonds. The number of nitrogens with zero attached hydrogens (tertiary/aromatic N) is 1. The van der Waals surface area contributed by atoms with Crippen molar-refractivity contribution in [3.05, 3.63) is 53.1 Å². The molecule has 150 valence electrons. The number of carbonyl (C=O) groups excluding carboxylic acids is 1. The number of ether oxygens (including phenoxy) is 1. The standard InChI is InChI=1S/C19H22ClN3O4S/c1-14-2-3-16(12-18(14)20)21-13-19(24)22-15-4-6-17(7-5-15)28(25,26)23-8-10-27-11-9-23/h2-7,12,21H,8-11,13H2,1H3,(H,22,24). The number of benzene rings is 2. The van der Waals surface area contributed by atoms with Gasteiger partial charge >= 0.3 is 0 Å². The minimum atomic E-state index is -3.55. The Kier molecular flexibility index (Phi) is 6.56. The van der Waals surface area contributed by atoms with E-state index in [2.05, 4.69) is 10.6 Å². The van der Waals surface area contributed by atoms with E-state index in [0.717, 1.165) is 11.3 Å². The molecule has 0 saturated carbocycles. The number of aryl methyl sites for hydroxylation is 1. The summed E-state index contributed by atoms with van der Waals surface area (Å²) >= 11 is 6.07. The molecule has 0 aliphatic carbocycles. The lowest BCUT2D eigenvalue weighted by molar-refractivity contribution is -0.114. The highest BCUT2D eigenvalue weighted by atomic mass is 35.5. The van der Waals surface area contributed by atoms with Crippen LogP contribution in [0, 0.1) is 6.92 Å². The summed E-state index contributed by atoms with van der Waals surface area (Å²) in [7, 11) is -3.55. The maximum Gasteiger partial charge on any atom is 0.243 e. The fraction of sp³-hybridized carbons (Fsp3) is 0.316. The van der Waals surface area contributed by atoms with E-state index in [-0.39, 0.29) is 17.3 Å². The Hall–Kier alpha value is -2.13. The molecule has 9 heteroatoms. The normalized spacial score (nSPS) is 15.2. The van der Waals surface area contributed by atoms with Crippen LogP contribution in [0.3, 0.4) is 0 Å². The fourth-order valence-corrected chi connectivity index (χ4v) is 4.33. The molecule has 0 spiro atoms. The van der Waals surface area contributed by atoms with E-state index in [1.807, 2.05) is 19.1 Å². The van der Waals surface area contributed by atoms with Gasteiger partial charge in [0.25, 0.3) is 0 Å². The van der Waals surface area contributed by atoms with Crippen LogP contribution in [0.15, 0.2) is 47.4 Å². The van der Waals surface area contributed by atoms with E-state index in [1.165, 1.54) is 16.4 Å². The van der Waals surface area contributed by atoms with Crippen LogP contribution in [0.25, 0.3) is 0 Å². The summed E-state index contributed by atoms with van der Waals surface area (Å²) in [5.74, 6) is -0.250. The number of nitrogens with one attached hydrogen (secondary N) is 2. The molecule has 1 aliphatic rings. The number of anilines is 2. The maximum absolute atomic E-state index is 12.6. The van der Waals surface area contributed by atoms with E-state index < -0.39 is 10.0 Å². The molecule has 0 unspecified atom stereocenters. The van der Waals surface area contributed by atoms with Gasteiger partial charge in [0.1, 0.15) is 0 Å². The largest absolute Gasteiger partial charge is 0.379 e. The quantitative estimate of drug-likeness (QED) is 0.745. The molecule has 1 heterocycles. The molecular formula is C19H22ClN3O4S. The average Bonchev–Trinajstić information content (AvgIpc) is 2.70. The van der Waals surface area contributed by atoms with Gasteiger partial charge in [-0.2, -0.15) is 4.31 Å². The third-order valence-corrected chi connectivity index (χ3v) is 6.69. The number of amides is 1. The van der Waals surface area contributed by atoms with Gasteiger partial charge in [-0.15, -0.1) is 0 Å². The van der Waals surface area contributed by atoms with Crippen LogP contribution in [0.4, 0.5) is 11.4 Å². The first-order chi connectivity index (χ1) is 13.4. The summed E-state index contributed by atoms with van der Waals surface area (Å²) in [6.07, 6.45) is 0. The average molecular weight is 424 g/mol. The Morgan fingerprint density at radius 3 is 2.39 bits per heavy atom. The minimum absolute atomic E-state index is 0.0627. The summed E-state index contributed by atoms with van der Waals surface area (Å²) in [6.45, 7) is 3.44. The predicted molar refractivity (Wildman–Crippen MR) is 109 cm³/mol. The molecule has 0 atom stereocenters. The lowest BCUT2D eigenvalue weighted by Gasteiger charge is -2.26. The molecule has 1 saturated heterocycles. The summed E-state index contributed by atoms with van der Waals surface area (Å²) in [4.78, 5) is 12.3. The molecule has 7 nitrogen and oxygen atoms in total. The number of sulfonamides is 1. The highest BCUT2D eigenvalue weighted by Crippen LogP contribution is 2.21. The molecule has 1 fully saturated rings. The molecule has 0 bridgehead atoms. The van der Waals surface area contributed by atoms with Crippen molar-refractivity contribution in [3.8, 4) is 0 Å². The maximum atomic E-state index is 12.6. The van der Waals surface area contributed by atoms with Crippen molar-refractivity contribution >= 4 is 38.9 Å². The third-order valence-electron chi connectivity index (χ3n) is 4.37. The number of carbonyl (C=O) groups is 1. The van der Waals surface area contributed by atoms with Crippen molar-refractivity contribution in [3.63, 3.8) is 0 Å². The first-order valence-electron chi connectivity index (χ1n) is 8.84. The Labute approximate surface area is 169 Å². The Morgan fingerprint density at radius 1 is 1.11 bits per heavy atom. The first-order valence-corrected chi connectivity index (χ1v) is 10.7. The van der Waals surface area contributed by atoms with Gasteiger partial charge in [0.2, 0.25) is 15.9 Å². The van der Waals surface area contributed by atoms with Crippen LogP contribution in [-0.2, 0) is 19.6 Å². The predicted octanol–water partition coefficient (Wildman–Crippen LogP) is 2.72. The lowest BCUT2D eigenvalue weighted by atomic mass is 10.2. The van der Waals surface area contributed by atoms with E-state index in [4.69, 9.17) is 16.3 Å². The van der Waals surface area contributed by atoms with Gasteiger partial charge in [-0.25, -0.2) is 8.42 Å². The summed E-state index contributed by atoms with van der Waals surface area (Å²) < 4.78 is 31.8. The van der Waals surface area contributed by atoms with Crippen LogP contribution in [0.1, 0.15) is 5.56 Å². The van der Waals surface area contributed by atoms with Gasteiger partial charge in [0, 0.05) is 29.5 Å². The number of halogens is 1. The van der Waals surface area contributed by atoms with Gasteiger partial charge in [0.15, 0.2) is 0 Å². The lowest BCUT2D eigenvalue weighted by Crippen LogP contribution is -2.40. The van der Waals surface area contributed by atoms with Crippen LogP contribution in [0.5, 0.6) is 0 Å². The first kappa shape index (κ1) is 20.6. The molecular weight excluding hydrogens is 402 g/mol. The van der Waals surface area contributed by atoms with Crippen molar-refractivity contribution in [2.75, 3.05) is 43.5 Å². The minimum Gasteiger partial charge on any atom is -0.379 e. The Balaban J connectivity index is 1.57. The van der Waals surface area contributed by atoms with E-state index in [1.54, 1.807) is 18.2 Å². The number of rotatable bonds is 6. The zero-order valence-electron chi connectivity index (χ0n) is 15.4. The van der Waals surface area contributed by atoms with Crippen LogP contribution in [-0.4, -0.2) is 51.5 Å². The van der Waals surface area contributed by atoms with Crippen molar-refractivity contribution in [1.29, 1.82) is 0 Å². The molecule has 0 aromatic heterocycles. The zero-order valence-corrected chi connectivity index (χ0v) is 17.0. The second kappa shape index (κ2) is 8.91. The van der Waals surface area contributed by atoms with E-state index >= 15 is 0 Å². The number of hydrogen-bond donors (Lipinski definition) is 2. The van der Waals surface area contributed by atoms with E-state index in [9.17, 15) is 13.2 Å². The van der Waals surface area contributed by atoms with Crippen LogP contribution < -0.4 is 10.6 Å². The third kappa shape index (κ3) is 5.02. The van der Waals surface area contributed by atoms with Crippen molar-refractivity contribution in [2.45, 2.75) is 11.8 Å². The van der Waals surface area contributed by atoms with Crippen molar-refractivity contribution < 1.29 is 17.9 Å². The highest BCUT2D eigenvalue weighted by molar-refractivity contribution is 7.89. The van der Waals surface area contributed by atoms with Crippen LogP contribution in [0.2, 0.25) is 5.02 Å². The van der Waals surface area contributed by atoms with Gasteiger partial charge in [0.05, 0.1) is 24.7 Å². The smallest absolute Gasteiger partial charge is 0.243 e. The second-order valence-electron chi connectivity index (χ2n) is 6.41. The number of morpholine rings is 1. The molecule has 2 N–H and O–H groups in total.